The van der Waals surface area contributed by atoms with Crippen LogP contribution < -0.4 is 5.73 Å². The first-order chi connectivity index (χ1) is 6.57. The minimum Gasteiger partial charge on any atom is -0.480 e. The lowest BCUT2D eigenvalue weighted by molar-refractivity contribution is -0.157. The van der Waals surface area contributed by atoms with Gasteiger partial charge in [-0.25, -0.2) is 4.79 Å². The second kappa shape index (κ2) is 4.18. The van der Waals surface area contributed by atoms with E-state index in [2.05, 4.69) is 0 Å². The quantitative estimate of drug-likeness (QED) is 0.714. The van der Waals surface area contributed by atoms with Gasteiger partial charge in [-0.1, -0.05) is 6.92 Å². The number of carboxylic acids is 1. The minimum absolute atomic E-state index is 0.364. The van der Waals surface area contributed by atoms with Crippen LogP contribution in [0.3, 0.4) is 0 Å². The normalized spacial score (nSPS) is 15.6. The van der Waals surface area contributed by atoms with Crippen molar-refractivity contribution in [3.05, 3.63) is 0 Å². The van der Waals surface area contributed by atoms with Crippen molar-refractivity contribution in [2.24, 2.45) is 5.73 Å². The first-order valence-electron chi connectivity index (χ1n) is 4.88. The van der Waals surface area contributed by atoms with Crippen LogP contribution in [0.5, 0.6) is 0 Å². The molecule has 88 valence electrons. The molecule has 0 bridgehead atoms. The molecule has 15 heavy (non-hydrogen) atoms. The van der Waals surface area contributed by atoms with Crippen molar-refractivity contribution in [2.45, 2.75) is 45.2 Å². The highest BCUT2D eigenvalue weighted by Crippen LogP contribution is 2.18. The van der Waals surface area contributed by atoms with E-state index in [-0.39, 0.29) is 5.91 Å². The molecule has 0 saturated carbocycles. The zero-order chi connectivity index (χ0) is 12.4. The van der Waals surface area contributed by atoms with Crippen LogP contribution in [0.4, 0.5) is 0 Å². The van der Waals surface area contributed by atoms with Crippen LogP contribution in [0.1, 0.15) is 34.1 Å². The standard InChI is InChI=1S/C10H20N2O3/c1-6-10(4,11)7(13)12(5)9(2,3)8(14)15/h6,11H2,1-5H3,(H,14,15). The largest absolute Gasteiger partial charge is 0.480 e. The Kier molecular flexibility index (Phi) is 3.88. The number of likely N-dealkylation sites (N-methyl/N-ethyl adjacent to an activating group) is 1. The number of aliphatic carboxylic acids is 1. The Balaban J connectivity index is 4.96. The van der Waals surface area contributed by atoms with Gasteiger partial charge >= 0.3 is 5.97 Å². The molecule has 1 unspecified atom stereocenters. The molecule has 0 aromatic carbocycles. The Bertz CT molecular complexity index is 272. The molecule has 5 heteroatoms. The predicted octanol–water partition coefficient (Wildman–Crippen LogP) is 0.435. The van der Waals surface area contributed by atoms with Crippen molar-refractivity contribution < 1.29 is 14.7 Å². The maximum atomic E-state index is 11.9. The van der Waals surface area contributed by atoms with Gasteiger partial charge in [0.05, 0.1) is 5.54 Å². The van der Waals surface area contributed by atoms with Crippen LogP contribution in [0.15, 0.2) is 0 Å². The molecule has 0 rings (SSSR count). The smallest absolute Gasteiger partial charge is 0.329 e. The van der Waals surface area contributed by atoms with Gasteiger partial charge in [0, 0.05) is 7.05 Å². The number of carboxylic acid groups (broad SMARTS) is 1. The third kappa shape index (κ3) is 2.68. The highest BCUT2D eigenvalue weighted by atomic mass is 16.4. The number of hydrogen-bond donors (Lipinski definition) is 2. The van der Waals surface area contributed by atoms with Crippen molar-refractivity contribution >= 4 is 11.9 Å². The van der Waals surface area contributed by atoms with Crippen LogP contribution in [-0.4, -0.2) is 40.0 Å². The molecule has 0 fully saturated rings. The summed E-state index contributed by atoms with van der Waals surface area (Å²) in [4.78, 5) is 24.0. The van der Waals surface area contributed by atoms with E-state index in [1.54, 1.807) is 13.8 Å². The number of hydrogen-bond acceptors (Lipinski definition) is 3. The SMILES string of the molecule is CCC(C)(N)C(=O)N(C)C(C)(C)C(=O)O. The predicted molar refractivity (Wildman–Crippen MR) is 57.4 cm³/mol. The van der Waals surface area contributed by atoms with Crippen molar-refractivity contribution in [3.8, 4) is 0 Å². The zero-order valence-corrected chi connectivity index (χ0v) is 10.00. The van der Waals surface area contributed by atoms with Crippen LogP contribution in [-0.2, 0) is 9.59 Å². The average Bonchev–Trinajstić information content (AvgIpc) is 2.15. The average molecular weight is 216 g/mol. The number of carbonyl (C=O) groups excluding carboxylic acids is 1. The molecule has 5 nitrogen and oxygen atoms in total. The summed E-state index contributed by atoms with van der Waals surface area (Å²) in [6, 6.07) is 0. The Hall–Kier alpha value is -1.10. The van der Waals surface area contributed by atoms with E-state index in [9.17, 15) is 9.59 Å². The molecule has 0 aliphatic heterocycles. The number of rotatable bonds is 4. The fourth-order valence-electron chi connectivity index (χ4n) is 0.932. The van der Waals surface area contributed by atoms with Crippen LogP contribution in [0, 0.1) is 0 Å². The maximum absolute atomic E-state index is 11.9. The molecule has 0 spiro atoms. The summed E-state index contributed by atoms with van der Waals surface area (Å²) in [5.74, 6) is -1.41. The summed E-state index contributed by atoms with van der Waals surface area (Å²) in [5.41, 5.74) is 3.52. The van der Waals surface area contributed by atoms with E-state index in [1.807, 2.05) is 0 Å². The molecule has 0 heterocycles. The lowest BCUT2D eigenvalue weighted by Gasteiger charge is -2.36. The molecule has 0 aromatic rings. The summed E-state index contributed by atoms with van der Waals surface area (Å²) >= 11 is 0. The third-order valence-corrected chi connectivity index (χ3v) is 2.89. The Morgan fingerprint density at radius 2 is 1.73 bits per heavy atom. The Morgan fingerprint density at radius 1 is 1.33 bits per heavy atom. The van der Waals surface area contributed by atoms with Gasteiger partial charge in [-0.05, 0) is 27.2 Å². The van der Waals surface area contributed by atoms with Crippen molar-refractivity contribution in [1.82, 2.24) is 4.90 Å². The first kappa shape index (κ1) is 13.9. The Labute approximate surface area is 90.2 Å². The van der Waals surface area contributed by atoms with E-state index >= 15 is 0 Å². The first-order valence-corrected chi connectivity index (χ1v) is 4.88. The van der Waals surface area contributed by atoms with Gasteiger partial charge in [-0.3, -0.25) is 4.79 Å². The molecular formula is C10H20N2O3. The maximum Gasteiger partial charge on any atom is 0.329 e. The van der Waals surface area contributed by atoms with Gasteiger partial charge in [0.25, 0.3) is 0 Å². The van der Waals surface area contributed by atoms with Crippen LogP contribution in [0.2, 0.25) is 0 Å². The number of nitrogens with zero attached hydrogens (tertiary/aromatic N) is 1. The Morgan fingerprint density at radius 3 is 2.00 bits per heavy atom. The molecular weight excluding hydrogens is 196 g/mol. The van der Waals surface area contributed by atoms with Gasteiger partial charge in [0.1, 0.15) is 5.54 Å². The van der Waals surface area contributed by atoms with Crippen molar-refractivity contribution in [3.63, 3.8) is 0 Å². The van der Waals surface area contributed by atoms with E-state index in [4.69, 9.17) is 10.8 Å². The van der Waals surface area contributed by atoms with E-state index in [0.717, 1.165) is 0 Å². The van der Waals surface area contributed by atoms with Gasteiger partial charge in [-0.15, -0.1) is 0 Å². The number of amides is 1. The third-order valence-electron chi connectivity index (χ3n) is 2.89. The molecule has 1 atom stereocenters. The van der Waals surface area contributed by atoms with Gasteiger partial charge in [0.2, 0.25) is 5.91 Å². The summed E-state index contributed by atoms with van der Waals surface area (Å²) < 4.78 is 0. The summed E-state index contributed by atoms with van der Waals surface area (Å²) in [7, 11) is 1.46. The summed E-state index contributed by atoms with van der Waals surface area (Å²) in [6.45, 7) is 6.33. The second-order valence-electron chi connectivity index (χ2n) is 4.50. The second-order valence-corrected chi connectivity index (χ2v) is 4.50. The molecule has 0 saturated heterocycles. The van der Waals surface area contributed by atoms with Crippen LogP contribution >= 0.6 is 0 Å². The molecule has 0 radical (unpaired) electrons. The number of nitrogens with two attached hydrogens (primary N) is 1. The van der Waals surface area contributed by atoms with Crippen LogP contribution in [0.25, 0.3) is 0 Å². The lowest BCUT2D eigenvalue weighted by Crippen LogP contribution is -2.60. The van der Waals surface area contributed by atoms with Crippen molar-refractivity contribution in [1.29, 1.82) is 0 Å². The lowest BCUT2D eigenvalue weighted by atomic mass is 9.95. The number of carbonyl (C=O) groups is 2. The van der Waals surface area contributed by atoms with Gasteiger partial charge < -0.3 is 15.7 Å². The topological polar surface area (TPSA) is 83.6 Å². The van der Waals surface area contributed by atoms with Crippen molar-refractivity contribution in [2.75, 3.05) is 7.05 Å². The highest BCUT2D eigenvalue weighted by molar-refractivity contribution is 5.91. The highest BCUT2D eigenvalue weighted by Gasteiger charge is 2.40. The molecule has 0 aliphatic carbocycles. The molecule has 0 aromatic heterocycles. The summed E-state index contributed by atoms with van der Waals surface area (Å²) in [6.07, 6.45) is 0.464. The fraction of sp³-hybridized carbons (Fsp3) is 0.800. The molecule has 1 amide bonds. The van der Waals surface area contributed by atoms with E-state index in [0.29, 0.717) is 6.42 Å². The minimum atomic E-state index is -1.24. The monoisotopic (exact) mass is 216 g/mol. The molecule has 3 N–H and O–H groups in total. The van der Waals surface area contributed by atoms with E-state index < -0.39 is 17.0 Å². The summed E-state index contributed by atoms with van der Waals surface area (Å²) in [5, 5.41) is 8.96. The fourth-order valence-corrected chi connectivity index (χ4v) is 0.932. The van der Waals surface area contributed by atoms with Gasteiger partial charge in [-0.2, -0.15) is 0 Å². The molecule has 0 aliphatic rings. The zero-order valence-electron chi connectivity index (χ0n) is 10.00. The van der Waals surface area contributed by atoms with Gasteiger partial charge in [0.15, 0.2) is 0 Å². The van der Waals surface area contributed by atoms with E-state index in [1.165, 1.54) is 25.8 Å².